The van der Waals surface area contributed by atoms with Crippen molar-refractivity contribution in [1.29, 1.82) is 0 Å². The van der Waals surface area contributed by atoms with E-state index < -0.39 is 0 Å². The highest BCUT2D eigenvalue weighted by atomic mass is 127. The van der Waals surface area contributed by atoms with Crippen molar-refractivity contribution in [3.05, 3.63) is 47.4 Å². The van der Waals surface area contributed by atoms with Gasteiger partial charge >= 0.3 is 0 Å². The number of aliphatic imine (C=N–C) groups is 1. The zero-order chi connectivity index (χ0) is 17.4. The number of nitrogens with zero attached hydrogens (tertiary/aromatic N) is 3. The van der Waals surface area contributed by atoms with E-state index in [4.69, 9.17) is 4.52 Å². The lowest BCUT2D eigenvalue weighted by atomic mass is 10.1. The first-order chi connectivity index (χ1) is 11.6. The van der Waals surface area contributed by atoms with Crippen LogP contribution >= 0.6 is 24.0 Å². The molecule has 0 saturated carbocycles. The van der Waals surface area contributed by atoms with Crippen LogP contribution < -0.4 is 10.6 Å². The molecular formula is C17H25FIN5O. The van der Waals surface area contributed by atoms with Gasteiger partial charge in [-0.2, -0.15) is 4.98 Å². The van der Waals surface area contributed by atoms with Crippen LogP contribution in [-0.4, -0.2) is 36.2 Å². The van der Waals surface area contributed by atoms with E-state index in [9.17, 15) is 4.39 Å². The summed E-state index contributed by atoms with van der Waals surface area (Å²) in [4.78, 5) is 8.50. The fraction of sp³-hybridized carbons (Fsp3) is 0.471. The van der Waals surface area contributed by atoms with Crippen molar-refractivity contribution in [1.82, 2.24) is 20.8 Å². The summed E-state index contributed by atoms with van der Waals surface area (Å²) in [5, 5.41) is 10.4. The summed E-state index contributed by atoms with van der Waals surface area (Å²) in [6.45, 7) is 5.42. The van der Waals surface area contributed by atoms with Crippen LogP contribution in [0.2, 0.25) is 0 Å². The molecule has 0 amide bonds. The molecule has 0 fully saturated rings. The molecule has 0 atom stereocenters. The highest BCUT2D eigenvalue weighted by Gasteiger charge is 2.09. The van der Waals surface area contributed by atoms with Gasteiger partial charge in [0.2, 0.25) is 5.89 Å². The predicted molar refractivity (Wildman–Crippen MR) is 107 cm³/mol. The predicted octanol–water partition coefficient (Wildman–Crippen LogP) is 2.90. The second-order valence-corrected chi connectivity index (χ2v) is 5.75. The van der Waals surface area contributed by atoms with Gasteiger partial charge < -0.3 is 15.2 Å². The molecule has 1 aromatic heterocycles. The third kappa shape index (κ3) is 7.37. The lowest BCUT2D eigenvalue weighted by molar-refractivity contribution is 0.371. The lowest BCUT2D eigenvalue weighted by Crippen LogP contribution is -2.39. The Kier molecular flexibility index (Phi) is 9.40. The number of hydrogen-bond acceptors (Lipinski definition) is 4. The Morgan fingerprint density at radius 3 is 2.36 bits per heavy atom. The molecule has 0 bridgehead atoms. The van der Waals surface area contributed by atoms with Gasteiger partial charge in [0.15, 0.2) is 11.8 Å². The van der Waals surface area contributed by atoms with Gasteiger partial charge in [0.1, 0.15) is 5.82 Å². The monoisotopic (exact) mass is 461 g/mol. The van der Waals surface area contributed by atoms with Crippen molar-refractivity contribution in [2.75, 3.05) is 20.1 Å². The van der Waals surface area contributed by atoms with E-state index >= 15 is 0 Å². The van der Waals surface area contributed by atoms with Crippen LogP contribution in [0.15, 0.2) is 33.8 Å². The first-order valence-corrected chi connectivity index (χ1v) is 8.10. The first kappa shape index (κ1) is 21.3. The van der Waals surface area contributed by atoms with E-state index in [0.717, 1.165) is 17.8 Å². The first-order valence-electron chi connectivity index (χ1n) is 8.10. The maximum absolute atomic E-state index is 12.9. The fourth-order valence-corrected chi connectivity index (χ4v) is 2.09. The van der Waals surface area contributed by atoms with E-state index in [1.807, 2.05) is 13.8 Å². The maximum Gasteiger partial charge on any atom is 0.228 e. The SMILES string of the molecule is CN=C(NCCc1ccc(F)cc1)NCCc1nc(C(C)C)no1.I. The third-order valence-corrected chi connectivity index (χ3v) is 3.47. The van der Waals surface area contributed by atoms with Crippen molar-refractivity contribution in [2.45, 2.75) is 32.6 Å². The van der Waals surface area contributed by atoms with Crippen molar-refractivity contribution in [3.8, 4) is 0 Å². The number of hydrogen-bond donors (Lipinski definition) is 2. The number of rotatable bonds is 7. The van der Waals surface area contributed by atoms with Gasteiger partial charge in [0, 0.05) is 32.5 Å². The number of nitrogens with one attached hydrogen (secondary N) is 2. The van der Waals surface area contributed by atoms with E-state index in [0.29, 0.717) is 31.4 Å². The average Bonchev–Trinajstić information content (AvgIpc) is 3.04. The van der Waals surface area contributed by atoms with Crippen LogP contribution in [0.3, 0.4) is 0 Å². The topological polar surface area (TPSA) is 75.3 Å². The second kappa shape index (κ2) is 11.0. The van der Waals surface area contributed by atoms with Gasteiger partial charge in [0.05, 0.1) is 0 Å². The van der Waals surface area contributed by atoms with Crippen LogP contribution in [0.4, 0.5) is 4.39 Å². The Hall–Kier alpha value is -1.71. The largest absolute Gasteiger partial charge is 0.356 e. The molecule has 138 valence electrons. The zero-order valence-corrected chi connectivity index (χ0v) is 17.1. The van der Waals surface area contributed by atoms with Crippen molar-refractivity contribution in [3.63, 3.8) is 0 Å². The molecule has 0 unspecified atom stereocenters. The van der Waals surface area contributed by atoms with Crippen LogP contribution in [-0.2, 0) is 12.8 Å². The second-order valence-electron chi connectivity index (χ2n) is 5.75. The Morgan fingerprint density at radius 1 is 1.16 bits per heavy atom. The van der Waals surface area contributed by atoms with Crippen molar-refractivity contribution < 1.29 is 8.91 Å². The summed E-state index contributed by atoms with van der Waals surface area (Å²) in [6, 6.07) is 6.51. The average molecular weight is 461 g/mol. The van der Waals surface area contributed by atoms with Gasteiger partial charge in [-0.3, -0.25) is 4.99 Å². The van der Waals surface area contributed by atoms with E-state index in [1.165, 1.54) is 12.1 Å². The molecule has 2 aromatic rings. The summed E-state index contributed by atoms with van der Waals surface area (Å²) < 4.78 is 18.1. The Bertz CT molecular complexity index is 657. The van der Waals surface area contributed by atoms with Crippen molar-refractivity contribution >= 4 is 29.9 Å². The molecule has 2 rings (SSSR count). The molecule has 0 aliphatic rings. The van der Waals surface area contributed by atoms with Gasteiger partial charge in [-0.05, 0) is 24.1 Å². The van der Waals surface area contributed by atoms with Crippen LogP contribution in [0.1, 0.15) is 37.0 Å². The Balaban J connectivity index is 0.00000312. The highest BCUT2D eigenvalue weighted by molar-refractivity contribution is 14.0. The molecule has 1 aromatic carbocycles. The highest BCUT2D eigenvalue weighted by Crippen LogP contribution is 2.09. The molecule has 6 nitrogen and oxygen atoms in total. The maximum atomic E-state index is 12.9. The summed E-state index contributed by atoms with van der Waals surface area (Å²) in [6.07, 6.45) is 1.43. The Labute approximate surface area is 164 Å². The normalized spacial score (nSPS) is 11.3. The molecule has 25 heavy (non-hydrogen) atoms. The molecule has 2 N–H and O–H groups in total. The number of aromatic nitrogens is 2. The minimum Gasteiger partial charge on any atom is -0.356 e. The molecular weight excluding hydrogens is 436 g/mol. The smallest absolute Gasteiger partial charge is 0.228 e. The minimum absolute atomic E-state index is 0. The van der Waals surface area contributed by atoms with Gasteiger partial charge in [-0.1, -0.05) is 31.1 Å². The van der Waals surface area contributed by atoms with Crippen LogP contribution in [0.5, 0.6) is 0 Å². The van der Waals surface area contributed by atoms with Gasteiger partial charge in [0.25, 0.3) is 0 Å². The van der Waals surface area contributed by atoms with E-state index in [2.05, 4.69) is 25.8 Å². The molecule has 0 aliphatic carbocycles. The van der Waals surface area contributed by atoms with Gasteiger partial charge in [-0.15, -0.1) is 24.0 Å². The summed E-state index contributed by atoms with van der Waals surface area (Å²) in [5.74, 6) is 2.10. The molecule has 1 heterocycles. The number of benzene rings is 1. The summed E-state index contributed by atoms with van der Waals surface area (Å²) in [5.41, 5.74) is 1.08. The molecule has 0 aliphatic heterocycles. The van der Waals surface area contributed by atoms with Crippen LogP contribution in [0, 0.1) is 5.82 Å². The minimum atomic E-state index is -0.217. The summed E-state index contributed by atoms with van der Waals surface area (Å²) >= 11 is 0. The van der Waals surface area contributed by atoms with Gasteiger partial charge in [-0.25, -0.2) is 4.39 Å². The molecule has 8 heteroatoms. The number of halogens is 2. The summed E-state index contributed by atoms with van der Waals surface area (Å²) in [7, 11) is 1.72. The van der Waals surface area contributed by atoms with Crippen molar-refractivity contribution in [2.24, 2.45) is 4.99 Å². The van der Waals surface area contributed by atoms with Crippen LogP contribution in [0.25, 0.3) is 0 Å². The zero-order valence-electron chi connectivity index (χ0n) is 14.8. The quantitative estimate of drug-likeness (QED) is 0.377. The molecule has 0 spiro atoms. The van der Waals surface area contributed by atoms with E-state index in [1.54, 1.807) is 19.2 Å². The standard InChI is InChI=1S/C17H24FN5O.HI/c1-12(2)16-22-15(24-23-16)9-11-21-17(19-3)20-10-8-13-4-6-14(18)7-5-13;/h4-7,12H,8-11H2,1-3H3,(H2,19,20,21);1H. The van der Waals surface area contributed by atoms with E-state index in [-0.39, 0.29) is 35.7 Å². The fourth-order valence-electron chi connectivity index (χ4n) is 2.09. The number of guanidine groups is 1. The molecule has 0 saturated heterocycles. The lowest BCUT2D eigenvalue weighted by Gasteiger charge is -2.11. The molecule has 0 radical (unpaired) electrons. The Morgan fingerprint density at radius 2 is 1.80 bits per heavy atom. The third-order valence-electron chi connectivity index (χ3n) is 3.47.